The third-order valence-electron chi connectivity index (χ3n) is 3.14. The van der Waals surface area contributed by atoms with E-state index in [1.54, 1.807) is 11.3 Å². The van der Waals surface area contributed by atoms with E-state index < -0.39 is 0 Å². The van der Waals surface area contributed by atoms with Gasteiger partial charge in [0.2, 0.25) is 5.91 Å². The fraction of sp³-hybridized carbons (Fsp3) is 0.667. The van der Waals surface area contributed by atoms with Crippen LogP contribution in [0.25, 0.3) is 0 Å². The van der Waals surface area contributed by atoms with E-state index in [4.69, 9.17) is 5.73 Å². The van der Waals surface area contributed by atoms with E-state index in [2.05, 4.69) is 29.8 Å². The van der Waals surface area contributed by atoms with Gasteiger partial charge in [0.05, 0.1) is 0 Å². The molecule has 19 heavy (non-hydrogen) atoms. The third kappa shape index (κ3) is 8.01. The molecule has 1 rings (SSSR count). The topological polar surface area (TPSA) is 55.1 Å². The molecule has 0 fully saturated rings. The van der Waals surface area contributed by atoms with Crippen molar-refractivity contribution >= 4 is 17.2 Å². The van der Waals surface area contributed by atoms with Gasteiger partial charge in [0, 0.05) is 17.8 Å². The minimum absolute atomic E-state index is 0.186. The SMILES string of the molecule is CC(CNC(=O)CCCCCCN)Cc1cccs1. The first-order valence-corrected chi connectivity index (χ1v) is 8.09. The lowest BCUT2D eigenvalue weighted by atomic mass is 10.1. The molecule has 1 unspecified atom stereocenters. The maximum Gasteiger partial charge on any atom is 0.220 e. The van der Waals surface area contributed by atoms with Gasteiger partial charge in [-0.05, 0) is 43.2 Å². The van der Waals surface area contributed by atoms with Crippen molar-refractivity contribution in [1.29, 1.82) is 0 Å². The van der Waals surface area contributed by atoms with Crippen molar-refractivity contribution in [3.8, 4) is 0 Å². The number of hydrogen-bond donors (Lipinski definition) is 2. The molecule has 3 N–H and O–H groups in total. The zero-order chi connectivity index (χ0) is 13.9. The van der Waals surface area contributed by atoms with Crippen molar-refractivity contribution in [2.45, 2.75) is 45.4 Å². The number of carbonyl (C=O) groups is 1. The lowest BCUT2D eigenvalue weighted by Gasteiger charge is -2.11. The maximum atomic E-state index is 11.6. The number of carbonyl (C=O) groups excluding carboxylic acids is 1. The van der Waals surface area contributed by atoms with Crippen molar-refractivity contribution in [1.82, 2.24) is 5.32 Å². The molecular weight excluding hydrogens is 256 g/mol. The van der Waals surface area contributed by atoms with Gasteiger partial charge in [-0.2, -0.15) is 0 Å². The predicted octanol–water partition coefficient (Wildman–Crippen LogP) is 2.95. The van der Waals surface area contributed by atoms with Gasteiger partial charge in [-0.25, -0.2) is 0 Å². The standard InChI is InChI=1S/C15H26N2OS/c1-13(11-14-7-6-10-19-14)12-17-15(18)8-4-2-3-5-9-16/h6-7,10,13H,2-5,8-9,11-12,16H2,1H3,(H,17,18). The molecule has 3 nitrogen and oxygen atoms in total. The predicted molar refractivity (Wildman–Crippen MR) is 82.3 cm³/mol. The first-order chi connectivity index (χ1) is 9.22. The molecule has 0 saturated heterocycles. The van der Waals surface area contributed by atoms with Gasteiger partial charge in [-0.15, -0.1) is 11.3 Å². The lowest BCUT2D eigenvalue weighted by Crippen LogP contribution is -2.28. The van der Waals surface area contributed by atoms with Crippen LogP contribution >= 0.6 is 11.3 Å². The van der Waals surface area contributed by atoms with Crippen molar-refractivity contribution in [2.75, 3.05) is 13.1 Å². The molecule has 0 bridgehead atoms. The number of hydrogen-bond acceptors (Lipinski definition) is 3. The second kappa shape index (κ2) is 9.98. The van der Waals surface area contributed by atoms with E-state index in [0.29, 0.717) is 12.3 Å². The summed E-state index contributed by atoms with van der Waals surface area (Å²) in [7, 11) is 0. The minimum Gasteiger partial charge on any atom is -0.356 e. The Morgan fingerprint density at radius 2 is 2.16 bits per heavy atom. The van der Waals surface area contributed by atoms with Crippen molar-refractivity contribution in [2.24, 2.45) is 11.7 Å². The van der Waals surface area contributed by atoms with Crippen LogP contribution in [0.5, 0.6) is 0 Å². The van der Waals surface area contributed by atoms with Crippen LogP contribution in [-0.2, 0) is 11.2 Å². The molecule has 4 heteroatoms. The number of unbranched alkanes of at least 4 members (excludes halogenated alkanes) is 3. The molecule has 1 heterocycles. The van der Waals surface area contributed by atoms with E-state index in [0.717, 1.165) is 45.2 Å². The normalized spacial score (nSPS) is 12.3. The number of rotatable bonds is 10. The van der Waals surface area contributed by atoms with E-state index in [1.807, 2.05) is 0 Å². The molecule has 0 aliphatic rings. The molecule has 0 spiro atoms. The molecule has 1 aromatic rings. The minimum atomic E-state index is 0.186. The number of thiophene rings is 1. The highest BCUT2D eigenvalue weighted by Gasteiger charge is 2.07. The lowest BCUT2D eigenvalue weighted by molar-refractivity contribution is -0.121. The zero-order valence-electron chi connectivity index (χ0n) is 11.9. The summed E-state index contributed by atoms with van der Waals surface area (Å²) in [5.74, 6) is 0.686. The quantitative estimate of drug-likeness (QED) is 0.648. The fourth-order valence-electron chi connectivity index (χ4n) is 2.00. The number of amides is 1. The largest absolute Gasteiger partial charge is 0.356 e. The van der Waals surface area contributed by atoms with Crippen LogP contribution in [0.4, 0.5) is 0 Å². The Morgan fingerprint density at radius 1 is 1.37 bits per heavy atom. The summed E-state index contributed by atoms with van der Waals surface area (Å²) >= 11 is 1.78. The Labute approximate surface area is 120 Å². The Kier molecular flexibility index (Phi) is 8.50. The van der Waals surface area contributed by atoms with Crippen LogP contribution in [0.15, 0.2) is 17.5 Å². The van der Waals surface area contributed by atoms with Gasteiger partial charge >= 0.3 is 0 Å². The average molecular weight is 282 g/mol. The van der Waals surface area contributed by atoms with Gasteiger partial charge in [-0.1, -0.05) is 25.8 Å². The van der Waals surface area contributed by atoms with Gasteiger partial charge in [0.25, 0.3) is 0 Å². The third-order valence-corrected chi connectivity index (χ3v) is 4.03. The molecule has 1 aromatic heterocycles. The van der Waals surface area contributed by atoms with E-state index in [1.165, 1.54) is 4.88 Å². The maximum absolute atomic E-state index is 11.6. The van der Waals surface area contributed by atoms with E-state index in [9.17, 15) is 4.79 Å². The molecule has 0 radical (unpaired) electrons. The highest BCUT2D eigenvalue weighted by Crippen LogP contribution is 2.13. The van der Waals surface area contributed by atoms with Gasteiger partial charge in [-0.3, -0.25) is 4.79 Å². The molecular formula is C15H26N2OS. The van der Waals surface area contributed by atoms with Crippen molar-refractivity contribution < 1.29 is 4.79 Å². The summed E-state index contributed by atoms with van der Waals surface area (Å²) in [6, 6.07) is 4.23. The van der Waals surface area contributed by atoms with Crippen LogP contribution in [-0.4, -0.2) is 19.0 Å². The van der Waals surface area contributed by atoms with Crippen LogP contribution in [0, 0.1) is 5.92 Å². The van der Waals surface area contributed by atoms with Crippen LogP contribution < -0.4 is 11.1 Å². The number of nitrogens with two attached hydrogens (primary N) is 1. The highest BCUT2D eigenvalue weighted by atomic mass is 32.1. The molecule has 108 valence electrons. The van der Waals surface area contributed by atoms with Crippen LogP contribution in [0.2, 0.25) is 0 Å². The summed E-state index contributed by atoms with van der Waals surface area (Å²) in [6.07, 6.45) is 5.99. The Hall–Kier alpha value is -0.870. The van der Waals surface area contributed by atoms with Crippen LogP contribution in [0.1, 0.15) is 43.9 Å². The van der Waals surface area contributed by atoms with Crippen molar-refractivity contribution in [3.63, 3.8) is 0 Å². The van der Waals surface area contributed by atoms with Gasteiger partial charge in [0.15, 0.2) is 0 Å². The van der Waals surface area contributed by atoms with Gasteiger partial charge < -0.3 is 11.1 Å². The molecule has 1 amide bonds. The molecule has 0 aliphatic heterocycles. The second-order valence-electron chi connectivity index (χ2n) is 5.15. The molecule has 1 atom stereocenters. The molecule has 0 aromatic carbocycles. The van der Waals surface area contributed by atoms with Crippen LogP contribution in [0.3, 0.4) is 0 Å². The second-order valence-corrected chi connectivity index (χ2v) is 6.18. The first kappa shape index (κ1) is 16.2. The summed E-state index contributed by atoms with van der Waals surface area (Å²) < 4.78 is 0. The van der Waals surface area contributed by atoms with Gasteiger partial charge in [0.1, 0.15) is 0 Å². The fourth-order valence-corrected chi connectivity index (χ4v) is 2.87. The first-order valence-electron chi connectivity index (χ1n) is 7.21. The molecule has 0 aliphatic carbocycles. The Morgan fingerprint density at radius 3 is 2.84 bits per heavy atom. The monoisotopic (exact) mass is 282 g/mol. The highest BCUT2D eigenvalue weighted by molar-refractivity contribution is 7.09. The van der Waals surface area contributed by atoms with E-state index >= 15 is 0 Å². The smallest absolute Gasteiger partial charge is 0.220 e. The van der Waals surface area contributed by atoms with Crippen molar-refractivity contribution in [3.05, 3.63) is 22.4 Å². The zero-order valence-corrected chi connectivity index (χ0v) is 12.7. The molecule has 0 saturated carbocycles. The average Bonchev–Trinajstić information content (AvgIpc) is 2.89. The summed E-state index contributed by atoms with van der Waals surface area (Å²) in [5, 5.41) is 5.13. The summed E-state index contributed by atoms with van der Waals surface area (Å²) in [5.41, 5.74) is 5.43. The summed E-state index contributed by atoms with van der Waals surface area (Å²) in [6.45, 7) is 3.72. The Bertz CT molecular complexity index is 338. The number of nitrogens with one attached hydrogen (secondary N) is 1. The Balaban J connectivity index is 2.02. The van der Waals surface area contributed by atoms with E-state index in [-0.39, 0.29) is 5.91 Å². The summed E-state index contributed by atoms with van der Waals surface area (Å²) in [4.78, 5) is 13.0.